The molecule has 1 heterocycles. The summed E-state index contributed by atoms with van der Waals surface area (Å²) in [5.41, 5.74) is 4.14. The van der Waals surface area contributed by atoms with E-state index >= 15 is 0 Å². The van der Waals surface area contributed by atoms with E-state index < -0.39 is 0 Å². The fourth-order valence-corrected chi connectivity index (χ4v) is 3.55. The average molecular weight is 398 g/mol. The van der Waals surface area contributed by atoms with Crippen molar-refractivity contribution in [3.63, 3.8) is 0 Å². The molecule has 0 aliphatic carbocycles. The second-order valence-corrected chi connectivity index (χ2v) is 7.68. The van der Waals surface area contributed by atoms with Crippen LogP contribution in [0.4, 0.5) is 11.4 Å². The molecule has 1 saturated heterocycles. The predicted molar refractivity (Wildman–Crippen MR) is 118 cm³/mol. The molecule has 1 fully saturated rings. The van der Waals surface area contributed by atoms with Crippen LogP contribution in [-0.2, 0) is 4.79 Å². The van der Waals surface area contributed by atoms with E-state index in [9.17, 15) is 4.79 Å². The van der Waals surface area contributed by atoms with Gasteiger partial charge in [-0.05, 0) is 75.3 Å². The van der Waals surface area contributed by atoms with Crippen molar-refractivity contribution in [1.82, 2.24) is 5.32 Å². The maximum atomic E-state index is 12.0. The first-order chi connectivity index (χ1) is 13.4. The highest BCUT2D eigenvalue weighted by Crippen LogP contribution is 2.27. The molecule has 0 radical (unpaired) electrons. The molecule has 0 aromatic heterocycles. The average Bonchev–Trinajstić information content (AvgIpc) is 3.07. The third kappa shape index (κ3) is 5.23. The second kappa shape index (κ2) is 9.06. The number of aryl methyl sites for hydroxylation is 2. The summed E-state index contributed by atoms with van der Waals surface area (Å²) in [7, 11) is 0. The number of anilines is 2. The number of nitrogens with zero attached hydrogens (tertiary/aromatic N) is 1. The molecule has 2 N–H and O–H groups in total. The Balaban J connectivity index is 1.50. The maximum absolute atomic E-state index is 12.0. The summed E-state index contributed by atoms with van der Waals surface area (Å²) < 4.78 is 5.79. The third-order valence-corrected chi connectivity index (χ3v) is 4.94. The van der Waals surface area contributed by atoms with Gasteiger partial charge >= 0.3 is 0 Å². The van der Waals surface area contributed by atoms with E-state index in [4.69, 9.17) is 17.0 Å². The Morgan fingerprint density at radius 2 is 1.96 bits per heavy atom. The van der Waals surface area contributed by atoms with Crippen LogP contribution in [0.5, 0.6) is 5.75 Å². The fourth-order valence-electron chi connectivity index (χ4n) is 3.23. The number of rotatable bonds is 6. The van der Waals surface area contributed by atoms with Crippen molar-refractivity contribution in [3.05, 3.63) is 53.6 Å². The van der Waals surface area contributed by atoms with Crippen LogP contribution < -0.4 is 20.3 Å². The molecule has 2 aromatic rings. The van der Waals surface area contributed by atoms with Crippen LogP contribution in [0.15, 0.2) is 42.5 Å². The normalized spacial score (nSPS) is 14.7. The molecule has 5 nitrogen and oxygen atoms in total. The minimum Gasteiger partial charge on any atom is -0.491 e. The molecule has 0 unspecified atom stereocenters. The molecular weight excluding hydrogens is 370 g/mol. The zero-order valence-corrected chi connectivity index (χ0v) is 17.4. The lowest BCUT2D eigenvalue weighted by atomic mass is 10.1. The van der Waals surface area contributed by atoms with Gasteiger partial charge in [-0.1, -0.05) is 17.7 Å². The van der Waals surface area contributed by atoms with Crippen LogP contribution in [0.3, 0.4) is 0 Å². The highest BCUT2D eigenvalue weighted by molar-refractivity contribution is 7.80. The van der Waals surface area contributed by atoms with Gasteiger partial charge in [-0.25, -0.2) is 0 Å². The van der Waals surface area contributed by atoms with E-state index in [2.05, 4.69) is 17.6 Å². The van der Waals surface area contributed by atoms with E-state index in [1.165, 1.54) is 5.56 Å². The Kier molecular flexibility index (Phi) is 6.52. The molecule has 1 aliphatic rings. The number of ether oxygens (including phenoxy) is 1. The van der Waals surface area contributed by atoms with Crippen molar-refractivity contribution in [2.24, 2.45) is 0 Å². The van der Waals surface area contributed by atoms with Gasteiger partial charge in [0.1, 0.15) is 12.4 Å². The largest absolute Gasteiger partial charge is 0.491 e. The van der Waals surface area contributed by atoms with Gasteiger partial charge < -0.3 is 20.3 Å². The van der Waals surface area contributed by atoms with Crippen LogP contribution in [0.25, 0.3) is 0 Å². The van der Waals surface area contributed by atoms with Crippen molar-refractivity contribution in [2.45, 2.75) is 39.7 Å². The number of hydrogen-bond acceptors (Lipinski definition) is 3. The first-order valence-electron chi connectivity index (χ1n) is 9.60. The molecule has 28 heavy (non-hydrogen) atoms. The summed E-state index contributed by atoms with van der Waals surface area (Å²) in [5, 5.41) is 6.99. The number of thiocarbonyl (C=S) groups is 1. The third-order valence-electron chi connectivity index (χ3n) is 4.72. The van der Waals surface area contributed by atoms with Crippen LogP contribution in [0.1, 0.15) is 30.9 Å². The highest BCUT2D eigenvalue weighted by atomic mass is 32.1. The Hall–Kier alpha value is -2.60. The van der Waals surface area contributed by atoms with Crippen LogP contribution in [-0.4, -0.2) is 30.2 Å². The quantitative estimate of drug-likeness (QED) is 0.716. The van der Waals surface area contributed by atoms with Gasteiger partial charge in [0, 0.05) is 24.3 Å². The molecule has 148 valence electrons. The number of hydrogen-bond donors (Lipinski definition) is 2. The molecule has 1 aliphatic heterocycles. The van der Waals surface area contributed by atoms with Gasteiger partial charge in [-0.3, -0.25) is 4.79 Å². The standard InChI is InChI=1S/C22H27N3O2S/c1-15-6-9-19(10-7-15)27-14-17(3)23-22(28)24-18-8-11-20(16(2)13-18)25-12-4-5-21(25)26/h6-11,13,17H,4-5,12,14H2,1-3H3,(H2,23,24,28)/t17-/m0/s1. The smallest absolute Gasteiger partial charge is 0.227 e. The van der Waals surface area contributed by atoms with Gasteiger partial charge in [0.2, 0.25) is 5.91 Å². The second-order valence-electron chi connectivity index (χ2n) is 7.27. The van der Waals surface area contributed by atoms with Gasteiger partial charge in [0.05, 0.1) is 6.04 Å². The first-order valence-corrected chi connectivity index (χ1v) is 10.0. The molecule has 0 spiro atoms. The number of benzene rings is 2. The summed E-state index contributed by atoms with van der Waals surface area (Å²) >= 11 is 5.42. The van der Waals surface area contributed by atoms with E-state index in [0.29, 0.717) is 18.1 Å². The maximum Gasteiger partial charge on any atom is 0.227 e. The molecule has 1 atom stereocenters. The molecule has 2 aromatic carbocycles. The van der Waals surface area contributed by atoms with E-state index in [1.54, 1.807) is 0 Å². The minimum atomic E-state index is 0.0592. The molecule has 0 bridgehead atoms. The summed E-state index contributed by atoms with van der Waals surface area (Å²) in [6, 6.07) is 14.0. The van der Waals surface area contributed by atoms with Gasteiger partial charge in [0.25, 0.3) is 0 Å². The summed E-state index contributed by atoms with van der Waals surface area (Å²) in [4.78, 5) is 13.8. The molecule has 1 amide bonds. The lowest BCUT2D eigenvalue weighted by molar-refractivity contribution is -0.117. The van der Waals surface area contributed by atoms with E-state index in [-0.39, 0.29) is 11.9 Å². The lowest BCUT2D eigenvalue weighted by Crippen LogP contribution is -2.39. The molecular formula is C22H27N3O2S. The minimum absolute atomic E-state index is 0.0592. The van der Waals surface area contributed by atoms with Gasteiger partial charge in [-0.15, -0.1) is 0 Å². The number of amides is 1. The fraction of sp³-hybridized carbons (Fsp3) is 0.364. The van der Waals surface area contributed by atoms with Crippen molar-refractivity contribution >= 4 is 34.6 Å². The highest BCUT2D eigenvalue weighted by Gasteiger charge is 2.22. The Labute approximate surface area is 172 Å². The van der Waals surface area contributed by atoms with Crippen LogP contribution in [0.2, 0.25) is 0 Å². The van der Waals surface area contributed by atoms with Crippen LogP contribution in [0, 0.1) is 13.8 Å². The predicted octanol–water partition coefficient (Wildman–Crippen LogP) is 4.18. The lowest BCUT2D eigenvalue weighted by Gasteiger charge is -2.20. The topological polar surface area (TPSA) is 53.6 Å². The Morgan fingerprint density at radius 3 is 2.61 bits per heavy atom. The monoisotopic (exact) mass is 397 g/mol. The van der Waals surface area contributed by atoms with Gasteiger partial charge in [0.15, 0.2) is 5.11 Å². The zero-order valence-electron chi connectivity index (χ0n) is 16.6. The Bertz CT molecular complexity index is 851. The number of carbonyl (C=O) groups is 1. The molecule has 3 rings (SSSR count). The van der Waals surface area contributed by atoms with E-state index in [1.807, 2.05) is 61.2 Å². The number of carbonyl (C=O) groups excluding carboxylic acids is 1. The summed E-state index contributed by atoms with van der Waals surface area (Å²) in [6.45, 7) is 7.40. The Morgan fingerprint density at radius 1 is 1.21 bits per heavy atom. The SMILES string of the molecule is Cc1ccc(OC[C@H](C)NC(=S)Nc2ccc(N3CCCC3=O)c(C)c2)cc1. The van der Waals surface area contributed by atoms with Gasteiger partial charge in [-0.2, -0.15) is 0 Å². The molecule has 0 saturated carbocycles. The molecule has 6 heteroatoms. The van der Waals surface area contributed by atoms with Crippen molar-refractivity contribution < 1.29 is 9.53 Å². The number of nitrogens with one attached hydrogen (secondary N) is 2. The van der Waals surface area contributed by atoms with Crippen molar-refractivity contribution in [3.8, 4) is 5.75 Å². The summed E-state index contributed by atoms with van der Waals surface area (Å²) in [5.74, 6) is 1.05. The zero-order chi connectivity index (χ0) is 20.1. The van der Waals surface area contributed by atoms with Crippen LogP contribution >= 0.6 is 12.2 Å². The van der Waals surface area contributed by atoms with Crippen molar-refractivity contribution in [1.29, 1.82) is 0 Å². The van der Waals surface area contributed by atoms with Crippen molar-refractivity contribution in [2.75, 3.05) is 23.4 Å². The van der Waals surface area contributed by atoms with E-state index in [0.717, 1.165) is 35.7 Å². The summed E-state index contributed by atoms with van der Waals surface area (Å²) in [6.07, 6.45) is 1.56. The first kappa shape index (κ1) is 20.1.